The Kier molecular flexibility index (Phi) is 19.5. The molecule has 0 radical (unpaired) electrons. The number of carbonyl (C=O) groups is 4. The zero-order valence-electron chi connectivity index (χ0n) is 75.4. The highest BCUT2D eigenvalue weighted by molar-refractivity contribution is 7.81. The van der Waals surface area contributed by atoms with Gasteiger partial charge in [-0.3, -0.25) is 29.3 Å². The monoisotopic (exact) mass is 1740 g/mol. The van der Waals surface area contributed by atoms with E-state index in [0.29, 0.717) is 57.4 Å². The molecule has 0 aromatic heterocycles. The van der Waals surface area contributed by atoms with Crippen LogP contribution < -0.4 is 0 Å². The number of hydrogen-bond acceptors (Lipinski definition) is 8. The molecule has 6 aliphatic heterocycles. The predicted octanol–water partition coefficient (Wildman–Crippen LogP) is 23.6. The molecule has 6 atom stereocenters. The van der Waals surface area contributed by atoms with Gasteiger partial charge in [-0.2, -0.15) is 0 Å². The van der Waals surface area contributed by atoms with Crippen LogP contribution in [0.4, 0.5) is 5.69 Å². The lowest BCUT2D eigenvalue weighted by atomic mass is 9.47. The van der Waals surface area contributed by atoms with E-state index in [0.717, 1.165) is 179 Å². The van der Waals surface area contributed by atoms with Crippen molar-refractivity contribution in [3.8, 4) is 0 Å². The van der Waals surface area contributed by atoms with Crippen LogP contribution in [0.15, 0.2) is 140 Å². The molecule has 15 heteroatoms. The number of hydrogen-bond donors (Lipinski definition) is 0. The summed E-state index contributed by atoms with van der Waals surface area (Å²) >= 11 is 11.7. The lowest BCUT2D eigenvalue weighted by Gasteiger charge is -2.60. The maximum atomic E-state index is 12.9. The molecule has 36 rings (SSSR count). The molecule has 6 heterocycles. The van der Waals surface area contributed by atoms with E-state index in [9.17, 15) is 29.3 Å². The van der Waals surface area contributed by atoms with Crippen molar-refractivity contribution in [3.05, 3.63) is 216 Å². The van der Waals surface area contributed by atoms with Gasteiger partial charge in [0.25, 0.3) is 29.3 Å². The molecule has 30 aliphatic rings. The molecule has 127 heavy (non-hydrogen) atoms. The first-order valence-electron chi connectivity index (χ1n) is 51.1. The molecule has 13 nitrogen and oxygen atoms in total. The fraction of sp³-hybridized carbons (Fsp3) is 0.625. The summed E-state index contributed by atoms with van der Waals surface area (Å²) in [5.41, 5.74) is 15.7. The Morgan fingerprint density at radius 1 is 0.315 bits per heavy atom. The first-order valence-corrected chi connectivity index (χ1v) is 51.9. The molecule has 664 valence electrons. The highest BCUT2D eigenvalue weighted by Gasteiger charge is 2.65. The van der Waals surface area contributed by atoms with Crippen molar-refractivity contribution < 1.29 is 24.1 Å². The molecular weight excluding hydrogens is 1600 g/mol. The highest BCUT2D eigenvalue weighted by atomic mass is 32.1. The molecule has 24 fully saturated rings. The van der Waals surface area contributed by atoms with Gasteiger partial charge in [0, 0.05) is 103 Å². The first kappa shape index (κ1) is 81.4. The largest absolute Gasteiger partial charge is 0.355 e. The summed E-state index contributed by atoms with van der Waals surface area (Å²) in [7, 11) is 0. The molecule has 24 saturated carbocycles. The van der Waals surface area contributed by atoms with Crippen molar-refractivity contribution >= 4 is 63.7 Å². The van der Waals surface area contributed by atoms with Crippen LogP contribution >= 0.6 is 24.4 Å². The summed E-state index contributed by atoms with van der Waals surface area (Å²) < 4.78 is 0. The summed E-state index contributed by atoms with van der Waals surface area (Å²) in [4.78, 5) is 77.9. The molecule has 24 bridgehead atoms. The molecule has 0 spiro atoms. The van der Waals surface area contributed by atoms with Gasteiger partial charge < -0.3 is 29.4 Å². The third-order valence-electron chi connectivity index (χ3n) is 40.7. The maximum absolute atomic E-state index is 12.9. The van der Waals surface area contributed by atoms with Crippen molar-refractivity contribution in [1.82, 2.24) is 29.4 Å². The van der Waals surface area contributed by atoms with Crippen LogP contribution in [0, 0.1) is 138 Å². The first-order chi connectivity index (χ1) is 61.5. The predicted molar refractivity (Wildman–Crippen MR) is 503 cm³/mol. The van der Waals surface area contributed by atoms with Gasteiger partial charge in [0.05, 0.1) is 22.6 Å². The van der Waals surface area contributed by atoms with Gasteiger partial charge in [0.1, 0.15) is 9.98 Å². The second-order valence-electron chi connectivity index (χ2n) is 48.4. The summed E-state index contributed by atoms with van der Waals surface area (Å²) in [6.45, 7) is 11.7. The average Bonchev–Trinajstić information content (AvgIpc) is 1.53. The average molecular weight is 1740 g/mol. The van der Waals surface area contributed by atoms with E-state index in [4.69, 9.17) is 24.4 Å². The molecular formula is C112H133N7O6S2. The van der Waals surface area contributed by atoms with Crippen molar-refractivity contribution in [2.45, 2.75) is 295 Å². The third kappa shape index (κ3) is 13.6. The van der Waals surface area contributed by atoms with Gasteiger partial charge in [-0.05, 0) is 412 Å². The van der Waals surface area contributed by atoms with E-state index >= 15 is 0 Å². The van der Waals surface area contributed by atoms with Crippen molar-refractivity contribution in [2.75, 3.05) is 13.1 Å². The molecule has 4 amide bonds. The van der Waals surface area contributed by atoms with Gasteiger partial charge >= 0.3 is 0 Å². The molecule has 6 unspecified atom stereocenters. The third-order valence-corrected chi connectivity index (χ3v) is 41.6. The SMILES string of the molecule is CC(N1Cc2ccccc2C1=O)C12CC3CC(CC(C3)C1)C2.CC(N1Cc2ccccc2C1=S)C12CC3CC(CC(C3)C1)C2.O=C1c2cccc([N+](=O)[O-])c2CN1CC12CC3CC(CC(C3)C1)C2.O=C1c2ccccc2CN1C12CC3CC(CC1C3)C2.O=C1c2ccccc2CN1CC12CC3CC(CC(C3)C1)C2.S=C1c2ccccc2CN1C12CC3CC(CC1C3)C2. The van der Waals surface area contributed by atoms with E-state index in [1.54, 1.807) is 12.1 Å². The molecule has 6 aromatic rings. The fourth-order valence-corrected chi connectivity index (χ4v) is 38.6. The Bertz CT molecular complexity index is 5110. The van der Waals surface area contributed by atoms with Crippen LogP contribution in [0.5, 0.6) is 0 Å². The Balaban J connectivity index is 0.0000000830. The van der Waals surface area contributed by atoms with Crippen molar-refractivity contribution in [1.29, 1.82) is 0 Å². The maximum Gasteiger partial charge on any atom is 0.275 e. The number of carbonyl (C=O) groups excluding carboxylic acids is 4. The van der Waals surface area contributed by atoms with Crippen LogP contribution in [0.2, 0.25) is 0 Å². The lowest BCUT2D eigenvalue weighted by molar-refractivity contribution is -0.385. The lowest BCUT2D eigenvalue weighted by Crippen LogP contribution is -2.55. The number of rotatable bonds is 11. The van der Waals surface area contributed by atoms with Gasteiger partial charge in [-0.15, -0.1) is 0 Å². The molecule has 0 saturated heterocycles. The number of fused-ring (bicyclic) bond motifs is 6. The Morgan fingerprint density at radius 2 is 0.614 bits per heavy atom. The number of amides is 4. The normalized spacial score (nSPS) is 40.0. The number of benzene rings is 6. The molecule has 0 N–H and O–H groups in total. The minimum absolute atomic E-state index is 0.00977. The topological polar surface area (TPSA) is 131 Å². The van der Waals surface area contributed by atoms with Crippen LogP contribution in [0.1, 0.15) is 318 Å². The van der Waals surface area contributed by atoms with Crippen LogP contribution in [0.25, 0.3) is 0 Å². The van der Waals surface area contributed by atoms with E-state index < -0.39 is 0 Å². The zero-order chi connectivity index (χ0) is 85.5. The summed E-state index contributed by atoms with van der Waals surface area (Å²) in [5, 5.41) is 11.3. The standard InChI is InChI=1S/C20H25NO.C20H25NS.C19H22N2O3.C19H23NO.C17H19NO.C17H19NS/c2*1-13(21-12-17-4-2-3-5-18(17)19(21)22)20-9-14-6-15(10-20)8-16(7-14)11-20;22-18-15-2-1-3-17(21(23)24)16(15)10-20(18)11-19-7-12-4-13(8-19)6-14(5-12)9-19;21-18-17-4-2-1-3-16(17)11-20(18)12-19-8-13-5-14(9-19)7-15(6-13)10-19;2*19-16-15-4-2-1-3-13(15)10-18(16)17-8-11-5-12(9-17)7-14(17)6-11/h2*2-5,13-16H,6-12H2,1H3;1-3,12-14H,4-11H2;1-4,13-15H,5-12H2;2*1-4,11-12,14H,5-10H2. The number of nitrogens with zero attached hydrogens (tertiary/aromatic N) is 7. The van der Waals surface area contributed by atoms with E-state index in [-0.39, 0.29) is 39.3 Å². The van der Waals surface area contributed by atoms with Crippen molar-refractivity contribution in [3.63, 3.8) is 0 Å². The summed E-state index contributed by atoms with van der Waals surface area (Å²) in [6, 6.07) is 48.0. The quantitative estimate of drug-likeness (QED) is 0.0702. The second-order valence-corrected chi connectivity index (χ2v) is 49.1. The van der Waals surface area contributed by atoms with Crippen LogP contribution in [0.3, 0.4) is 0 Å². The number of nitro groups is 1. The summed E-state index contributed by atoms with van der Waals surface area (Å²) in [6.07, 6.45) is 48.1. The van der Waals surface area contributed by atoms with Gasteiger partial charge in [0.2, 0.25) is 0 Å². The number of nitro benzene ring substituents is 1. The number of thiocarbonyl (C=S) groups is 2. The Morgan fingerprint density at radius 3 is 1.01 bits per heavy atom. The van der Waals surface area contributed by atoms with Crippen LogP contribution in [-0.2, 0) is 39.3 Å². The van der Waals surface area contributed by atoms with Gasteiger partial charge in [-0.25, -0.2) is 0 Å². The van der Waals surface area contributed by atoms with E-state index in [1.807, 2.05) is 41.3 Å². The van der Waals surface area contributed by atoms with E-state index in [2.05, 4.69) is 123 Å². The Hall–Kier alpha value is -7.62. The van der Waals surface area contributed by atoms with Gasteiger partial charge in [0.15, 0.2) is 0 Å². The zero-order valence-corrected chi connectivity index (χ0v) is 77.1. The van der Waals surface area contributed by atoms with Crippen LogP contribution in [-0.4, -0.2) is 104 Å². The Labute approximate surface area is 764 Å². The minimum atomic E-state index is -0.361. The summed E-state index contributed by atoms with van der Waals surface area (Å²) in [5.74, 6) is 17.8. The van der Waals surface area contributed by atoms with E-state index in [1.165, 1.54) is 263 Å². The smallest absolute Gasteiger partial charge is 0.275 e. The molecule has 24 aliphatic carbocycles. The molecule has 6 aromatic carbocycles. The van der Waals surface area contributed by atoms with Crippen molar-refractivity contribution in [2.24, 2.45) is 128 Å². The fourth-order valence-electron chi connectivity index (χ4n) is 37.7. The highest BCUT2D eigenvalue weighted by Crippen LogP contribution is 2.69. The van der Waals surface area contributed by atoms with Gasteiger partial charge in [-0.1, -0.05) is 134 Å². The minimum Gasteiger partial charge on any atom is -0.355 e. The second kappa shape index (κ2) is 30.5.